The maximum absolute atomic E-state index is 10.4. The summed E-state index contributed by atoms with van der Waals surface area (Å²) < 4.78 is 0. The molecule has 0 atom stereocenters. The Hall–Kier alpha value is -1.65. The van der Waals surface area contributed by atoms with Crippen LogP contribution in [0.25, 0.3) is 0 Å². The van der Waals surface area contributed by atoms with E-state index in [9.17, 15) is 4.79 Å². The lowest BCUT2D eigenvalue weighted by Crippen LogP contribution is -2.06. The first-order valence-electron chi connectivity index (χ1n) is 4.55. The zero-order valence-corrected chi connectivity index (χ0v) is 8.03. The minimum Gasteiger partial charge on any atom is -0.476 e. The van der Waals surface area contributed by atoms with Crippen molar-refractivity contribution in [1.82, 2.24) is 10.2 Å². The molecule has 0 aromatic carbocycles. The molecule has 1 aromatic rings. The summed E-state index contributed by atoms with van der Waals surface area (Å²) in [6, 6.07) is 3.05. The molecule has 0 saturated heterocycles. The molecule has 14 heavy (non-hydrogen) atoms. The second-order valence-corrected chi connectivity index (χ2v) is 2.89. The van der Waals surface area contributed by atoms with E-state index in [-0.39, 0.29) is 5.69 Å². The van der Waals surface area contributed by atoms with Crippen LogP contribution in [0.5, 0.6) is 0 Å². The van der Waals surface area contributed by atoms with E-state index in [4.69, 9.17) is 5.11 Å². The van der Waals surface area contributed by atoms with Crippen molar-refractivity contribution in [2.45, 2.75) is 19.8 Å². The minimum atomic E-state index is -1.06. The molecule has 0 fully saturated rings. The van der Waals surface area contributed by atoms with Crippen LogP contribution in [0.2, 0.25) is 0 Å². The molecule has 0 aliphatic heterocycles. The zero-order chi connectivity index (χ0) is 10.4. The van der Waals surface area contributed by atoms with Gasteiger partial charge >= 0.3 is 5.97 Å². The van der Waals surface area contributed by atoms with E-state index in [0.717, 1.165) is 19.4 Å². The Balaban J connectivity index is 2.51. The molecule has 1 aromatic heterocycles. The summed E-state index contributed by atoms with van der Waals surface area (Å²) in [5.41, 5.74) is -0.0361. The van der Waals surface area contributed by atoms with Crippen molar-refractivity contribution in [3.8, 4) is 0 Å². The van der Waals surface area contributed by atoms with Gasteiger partial charge in [0.2, 0.25) is 0 Å². The highest BCUT2D eigenvalue weighted by molar-refractivity contribution is 5.85. The molecule has 0 amide bonds. The Morgan fingerprint density at radius 2 is 2.29 bits per heavy atom. The van der Waals surface area contributed by atoms with E-state index in [0.29, 0.717) is 5.82 Å². The number of hydrogen-bond acceptors (Lipinski definition) is 4. The summed E-state index contributed by atoms with van der Waals surface area (Å²) in [6.07, 6.45) is 2.16. The van der Waals surface area contributed by atoms with Gasteiger partial charge in [-0.05, 0) is 18.6 Å². The number of carboxylic acid groups (broad SMARTS) is 1. The van der Waals surface area contributed by atoms with Gasteiger partial charge in [0.05, 0.1) is 0 Å². The van der Waals surface area contributed by atoms with E-state index in [1.807, 2.05) is 0 Å². The third kappa shape index (κ3) is 3.01. The van der Waals surface area contributed by atoms with E-state index in [2.05, 4.69) is 22.4 Å². The highest BCUT2D eigenvalue weighted by Gasteiger charge is 2.03. The van der Waals surface area contributed by atoms with Gasteiger partial charge < -0.3 is 10.4 Å². The van der Waals surface area contributed by atoms with Crippen molar-refractivity contribution in [1.29, 1.82) is 0 Å². The van der Waals surface area contributed by atoms with E-state index in [1.54, 1.807) is 6.07 Å². The second-order valence-electron chi connectivity index (χ2n) is 2.89. The lowest BCUT2D eigenvalue weighted by Gasteiger charge is -2.02. The predicted octanol–water partition coefficient (Wildman–Crippen LogP) is 1.39. The fourth-order valence-corrected chi connectivity index (χ4v) is 0.934. The number of carboxylic acids is 1. The number of nitrogens with zero attached hydrogens (tertiary/aromatic N) is 2. The lowest BCUT2D eigenvalue weighted by molar-refractivity contribution is 0.0689. The van der Waals surface area contributed by atoms with E-state index >= 15 is 0 Å². The van der Waals surface area contributed by atoms with Gasteiger partial charge in [-0.25, -0.2) is 4.79 Å². The van der Waals surface area contributed by atoms with Crippen LogP contribution < -0.4 is 5.32 Å². The Morgan fingerprint density at radius 3 is 2.79 bits per heavy atom. The topological polar surface area (TPSA) is 75.1 Å². The molecule has 0 unspecified atom stereocenters. The largest absolute Gasteiger partial charge is 0.476 e. The van der Waals surface area contributed by atoms with Gasteiger partial charge in [-0.2, -0.15) is 0 Å². The van der Waals surface area contributed by atoms with Crippen LogP contribution in [-0.2, 0) is 0 Å². The van der Waals surface area contributed by atoms with Gasteiger partial charge in [-0.1, -0.05) is 13.3 Å². The maximum Gasteiger partial charge on any atom is 0.356 e. The molecule has 0 bridgehead atoms. The molecule has 0 radical (unpaired) electrons. The van der Waals surface area contributed by atoms with Crippen LogP contribution in [0.3, 0.4) is 0 Å². The number of unbranched alkanes of at least 4 members (excludes halogenated alkanes) is 1. The average molecular weight is 195 g/mol. The molecule has 76 valence electrons. The summed E-state index contributed by atoms with van der Waals surface area (Å²) in [4.78, 5) is 10.4. The number of aromatic nitrogens is 2. The number of anilines is 1. The zero-order valence-electron chi connectivity index (χ0n) is 8.03. The van der Waals surface area contributed by atoms with Gasteiger partial charge in [0.15, 0.2) is 5.69 Å². The first-order valence-corrected chi connectivity index (χ1v) is 4.55. The SMILES string of the molecule is CCCCNc1ccc(C(=O)O)nn1. The molecule has 2 N–H and O–H groups in total. The van der Waals surface area contributed by atoms with Crippen molar-refractivity contribution >= 4 is 11.8 Å². The van der Waals surface area contributed by atoms with Crippen molar-refractivity contribution in [2.24, 2.45) is 0 Å². The molecular formula is C9H13N3O2. The van der Waals surface area contributed by atoms with Crippen LogP contribution in [0.1, 0.15) is 30.3 Å². The van der Waals surface area contributed by atoms with Crippen molar-refractivity contribution in [2.75, 3.05) is 11.9 Å². The first-order chi connectivity index (χ1) is 6.74. The summed E-state index contributed by atoms with van der Waals surface area (Å²) in [6.45, 7) is 2.93. The number of aromatic carboxylic acids is 1. The molecule has 5 heteroatoms. The van der Waals surface area contributed by atoms with Crippen LogP contribution >= 0.6 is 0 Å². The third-order valence-corrected chi connectivity index (χ3v) is 1.72. The maximum atomic E-state index is 10.4. The third-order valence-electron chi connectivity index (χ3n) is 1.72. The van der Waals surface area contributed by atoms with Crippen molar-refractivity contribution < 1.29 is 9.90 Å². The van der Waals surface area contributed by atoms with Gasteiger partial charge in [-0.15, -0.1) is 10.2 Å². The Bertz CT molecular complexity index is 297. The number of rotatable bonds is 5. The minimum absolute atomic E-state index is 0.0361. The van der Waals surface area contributed by atoms with Gasteiger partial charge in [0.25, 0.3) is 0 Å². The van der Waals surface area contributed by atoms with Gasteiger partial charge in [0.1, 0.15) is 5.82 Å². The standard InChI is InChI=1S/C9H13N3O2/c1-2-3-6-10-8-5-4-7(9(13)14)11-12-8/h4-5H,2-3,6H2,1H3,(H,10,12)(H,13,14). The monoisotopic (exact) mass is 195 g/mol. The molecule has 5 nitrogen and oxygen atoms in total. The fourth-order valence-electron chi connectivity index (χ4n) is 0.934. The number of nitrogens with one attached hydrogen (secondary N) is 1. The Kier molecular flexibility index (Phi) is 3.84. The summed E-state index contributed by atoms with van der Waals surface area (Å²) in [5.74, 6) is -0.443. The quantitative estimate of drug-likeness (QED) is 0.694. The molecule has 0 spiro atoms. The molecule has 0 aliphatic carbocycles. The lowest BCUT2D eigenvalue weighted by atomic mass is 10.3. The summed E-state index contributed by atoms with van der Waals surface area (Å²) >= 11 is 0. The normalized spacial score (nSPS) is 9.79. The Labute approximate surface area is 82.2 Å². The van der Waals surface area contributed by atoms with Crippen LogP contribution in [0.4, 0.5) is 5.82 Å². The Morgan fingerprint density at radius 1 is 1.50 bits per heavy atom. The fraction of sp³-hybridized carbons (Fsp3) is 0.444. The molecule has 0 aliphatic rings. The van der Waals surface area contributed by atoms with Crippen LogP contribution in [0, 0.1) is 0 Å². The summed E-state index contributed by atoms with van der Waals surface area (Å²) in [7, 11) is 0. The second kappa shape index (κ2) is 5.16. The first kappa shape index (κ1) is 10.4. The number of hydrogen-bond donors (Lipinski definition) is 2. The highest BCUT2D eigenvalue weighted by atomic mass is 16.4. The van der Waals surface area contributed by atoms with Crippen molar-refractivity contribution in [3.05, 3.63) is 17.8 Å². The molecule has 0 saturated carbocycles. The highest BCUT2D eigenvalue weighted by Crippen LogP contribution is 2.02. The van der Waals surface area contributed by atoms with Gasteiger partial charge in [-0.3, -0.25) is 0 Å². The molecular weight excluding hydrogens is 182 g/mol. The molecule has 1 rings (SSSR count). The van der Waals surface area contributed by atoms with Crippen LogP contribution in [-0.4, -0.2) is 27.8 Å². The summed E-state index contributed by atoms with van der Waals surface area (Å²) in [5, 5.41) is 18.9. The van der Waals surface area contributed by atoms with E-state index < -0.39 is 5.97 Å². The predicted molar refractivity (Wildman–Crippen MR) is 52.4 cm³/mol. The smallest absolute Gasteiger partial charge is 0.356 e. The average Bonchev–Trinajstić information content (AvgIpc) is 2.19. The number of carbonyl (C=O) groups is 1. The molecule has 1 heterocycles. The van der Waals surface area contributed by atoms with Crippen molar-refractivity contribution in [3.63, 3.8) is 0 Å². The van der Waals surface area contributed by atoms with E-state index in [1.165, 1.54) is 6.07 Å². The van der Waals surface area contributed by atoms with Crippen LogP contribution in [0.15, 0.2) is 12.1 Å². The van der Waals surface area contributed by atoms with Gasteiger partial charge in [0, 0.05) is 6.54 Å².